The Bertz CT molecular complexity index is 156. The monoisotopic (exact) mass is 176 g/mol. The average molecular weight is 176 g/mol. The Hall–Kier alpha value is -0.510. The van der Waals surface area contributed by atoms with Crippen LogP contribution in [0.15, 0.2) is 0 Å². The summed E-state index contributed by atoms with van der Waals surface area (Å²) in [4.78, 5) is 21.2. The van der Waals surface area contributed by atoms with Gasteiger partial charge in [-0.1, -0.05) is 6.92 Å². The number of carbonyl (C=O) groups is 2. The maximum absolute atomic E-state index is 10.8. The third-order valence-corrected chi connectivity index (χ3v) is 1.88. The first-order valence-electron chi connectivity index (χ1n) is 3.47. The zero-order chi connectivity index (χ0) is 8.85. The summed E-state index contributed by atoms with van der Waals surface area (Å²) in [6.45, 7) is 1.72. The van der Waals surface area contributed by atoms with Crippen LogP contribution in [0.5, 0.6) is 0 Å². The highest BCUT2D eigenvalue weighted by atomic mass is 32.1. The average Bonchev–Trinajstić information content (AvgIpc) is 1.99. The van der Waals surface area contributed by atoms with Gasteiger partial charge in [-0.3, -0.25) is 9.59 Å². The lowest BCUT2D eigenvalue weighted by Gasteiger charge is -2.05. The molecule has 1 atom stereocenters. The molecule has 1 unspecified atom stereocenters. The molecule has 0 aromatic rings. The van der Waals surface area contributed by atoms with Crippen LogP contribution in [0, 0.1) is 5.92 Å². The van der Waals surface area contributed by atoms with Crippen molar-refractivity contribution in [2.75, 3.05) is 5.75 Å². The van der Waals surface area contributed by atoms with Crippen molar-refractivity contribution in [3.8, 4) is 0 Å². The summed E-state index contributed by atoms with van der Waals surface area (Å²) in [7, 11) is 0. The van der Waals surface area contributed by atoms with E-state index < -0.39 is 11.9 Å². The molecule has 4 heteroatoms. The van der Waals surface area contributed by atoms with Gasteiger partial charge in [-0.15, -0.1) is 0 Å². The van der Waals surface area contributed by atoms with Crippen molar-refractivity contribution < 1.29 is 14.7 Å². The Kier molecular flexibility index (Phi) is 4.94. The van der Waals surface area contributed by atoms with E-state index in [1.807, 2.05) is 0 Å². The Morgan fingerprint density at radius 2 is 2.09 bits per heavy atom. The first kappa shape index (κ1) is 10.5. The Labute approximate surface area is 71.2 Å². The van der Waals surface area contributed by atoms with Crippen LogP contribution in [-0.2, 0) is 9.59 Å². The second kappa shape index (κ2) is 5.18. The van der Waals surface area contributed by atoms with Crippen LogP contribution >= 0.6 is 12.6 Å². The first-order valence-corrected chi connectivity index (χ1v) is 4.10. The van der Waals surface area contributed by atoms with Crippen LogP contribution in [-0.4, -0.2) is 22.6 Å². The van der Waals surface area contributed by atoms with Crippen molar-refractivity contribution >= 4 is 24.4 Å². The highest BCUT2D eigenvalue weighted by Crippen LogP contribution is 2.07. The van der Waals surface area contributed by atoms with Gasteiger partial charge in [0.25, 0.3) is 0 Å². The summed E-state index contributed by atoms with van der Waals surface area (Å²) in [6.07, 6.45) is 0.507. The fourth-order valence-corrected chi connectivity index (χ4v) is 0.934. The highest BCUT2D eigenvalue weighted by Gasteiger charge is 2.17. The molecule has 1 N–H and O–H groups in total. The fourth-order valence-electron chi connectivity index (χ4n) is 0.649. The molecule has 0 radical (unpaired) electrons. The molecule has 11 heavy (non-hydrogen) atoms. The van der Waals surface area contributed by atoms with E-state index in [4.69, 9.17) is 5.11 Å². The van der Waals surface area contributed by atoms with Crippen LogP contribution in [0.4, 0.5) is 0 Å². The Balaban J connectivity index is 3.88. The summed E-state index contributed by atoms with van der Waals surface area (Å²) in [5.74, 6) is -1.36. The van der Waals surface area contributed by atoms with Gasteiger partial charge in [0.1, 0.15) is 5.78 Å². The van der Waals surface area contributed by atoms with Crippen molar-refractivity contribution in [2.45, 2.75) is 19.8 Å². The number of thiol groups is 1. The molecule has 0 aliphatic rings. The lowest BCUT2D eigenvalue weighted by molar-refractivity contribution is -0.142. The standard InChI is InChI=1S/C7H12O3S/c1-2-6(8)3-5(4-11)7(9)10/h5,11H,2-4H2,1H3,(H,9,10). The summed E-state index contributed by atoms with van der Waals surface area (Å²) < 4.78 is 0. The van der Waals surface area contributed by atoms with E-state index in [-0.39, 0.29) is 18.0 Å². The predicted octanol–water partition coefficient (Wildman–Crippen LogP) is 0.986. The van der Waals surface area contributed by atoms with Crippen LogP contribution in [0.2, 0.25) is 0 Å². The SMILES string of the molecule is CCC(=O)CC(CS)C(=O)O. The van der Waals surface area contributed by atoms with E-state index in [0.29, 0.717) is 6.42 Å². The Morgan fingerprint density at radius 3 is 2.36 bits per heavy atom. The molecule has 0 rings (SSSR count). The van der Waals surface area contributed by atoms with Gasteiger partial charge in [-0.2, -0.15) is 12.6 Å². The van der Waals surface area contributed by atoms with Crippen LogP contribution in [0.3, 0.4) is 0 Å². The van der Waals surface area contributed by atoms with Crippen molar-refractivity contribution in [1.29, 1.82) is 0 Å². The van der Waals surface area contributed by atoms with E-state index in [1.54, 1.807) is 6.92 Å². The molecular weight excluding hydrogens is 164 g/mol. The normalized spacial score (nSPS) is 12.5. The molecule has 0 fully saturated rings. The highest BCUT2D eigenvalue weighted by molar-refractivity contribution is 7.80. The van der Waals surface area contributed by atoms with E-state index in [0.717, 1.165) is 0 Å². The van der Waals surface area contributed by atoms with Gasteiger partial charge in [0.2, 0.25) is 0 Å². The van der Waals surface area contributed by atoms with Crippen molar-refractivity contribution in [1.82, 2.24) is 0 Å². The van der Waals surface area contributed by atoms with Crippen molar-refractivity contribution in [2.24, 2.45) is 5.92 Å². The third-order valence-electron chi connectivity index (χ3n) is 1.44. The van der Waals surface area contributed by atoms with Crippen LogP contribution in [0.25, 0.3) is 0 Å². The lowest BCUT2D eigenvalue weighted by atomic mass is 10.0. The zero-order valence-electron chi connectivity index (χ0n) is 6.41. The van der Waals surface area contributed by atoms with E-state index >= 15 is 0 Å². The topological polar surface area (TPSA) is 54.4 Å². The number of carboxylic acids is 1. The molecule has 3 nitrogen and oxygen atoms in total. The molecule has 0 aliphatic carbocycles. The minimum atomic E-state index is -0.943. The molecule has 0 aromatic heterocycles. The number of ketones is 1. The van der Waals surface area contributed by atoms with Gasteiger partial charge in [-0.25, -0.2) is 0 Å². The first-order chi connectivity index (χ1) is 5.11. The maximum atomic E-state index is 10.8. The number of Topliss-reactive ketones (excluding diaryl/α,β-unsaturated/α-hetero) is 1. The van der Waals surface area contributed by atoms with Gasteiger partial charge in [0.15, 0.2) is 0 Å². The second-order valence-electron chi connectivity index (χ2n) is 2.31. The van der Waals surface area contributed by atoms with E-state index in [1.165, 1.54) is 0 Å². The summed E-state index contributed by atoms with van der Waals surface area (Å²) in [6, 6.07) is 0. The number of rotatable bonds is 5. The van der Waals surface area contributed by atoms with Gasteiger partial charge in [0.05, 0.1) is 5.92 Å². The third kappa shape index (κ3) is 4.03. The molecule has 0 aliphatic heterocycles. The van der Waals surface area contributed by atoms with Crippen molar-refractivity contribution in [3.05, 3.63) is 0 Å². The number of carbonyl (C=O) groups excluding carboxylic acids is 1. The number of carboxylic acid groups (broad SMARTS) is 1. The summed E-state index contributed by atoms with van der Waals surface area (Å²) in [5.41, 5.74) is 0. The molecule has 0 aromatic carbocycles. The fraction of sp³-hybridized carbons (Fsp3) is 0.714. The molecule has 0 saturated heterocycles. The second-order valence-corrected chi connectivity index (χ2v) is 2.68. The van der Waals surface area contributed by atoms with Gasteiger partial charge in [0, 0.05) is 18.6 Å². The maximum Gasteiger partial charge on any atom is 0.307 e. The molecule has 0 amide bonds. The van der Waals surface area contributed by atoms with Gasteiger partial charge in [-0.05, 0) is 0 Å². The van der Waals surface area contributed by atoms with Crippen molar-refractivity contribution in [3.63, 3.8) is 0 Å². The van der Waals surface area contributed by atoms with Crippen LogP contribution in [0.1, 0.15) is 19.8 Å². The summed E-state index contributed by atoms with van der Waals surface area (Å²) in [5, 5.41) is 8.52. The zero-order valence-corrected chi connectivity index (χ0v) is 7.30. The largest absolute Gasteiger partial charge is 0.481 e. The van der Waals surface area contributed by atoms with Gasteiger partial charge >= 0.3 is 5.97 Å². The van der Waals surface area contributed by atoms with Crippen LogP contribution < -0.4 is 0 Å². The predicted molar refractivity (Wildman–Crippen MR) is 44.9 cm³/mol. The molecule has 0 spiro atoms. The molecular formula is C7H12O3S. The summed E-state index contributed by atoms with van der Waals surface area (Å²) >= 11 is 3.84. The molecule has 0 heterocycles. The van der Waals surface area contributed by atoms with E-state index in [9.17, 15) is 9.59 Å². The molecule has 0 bridgehead atoms. The number of hydrogen-bond acceptors (Lipinski definition) is 3. The molecule has 0 saturated carbocycles. The quantitative estimate of drug-likeness (QED) is 0.614. The smallest absolute Gasteiger partial charge is 0.307 e. The molecule has 64 valence electrons. The van der Waals surface area contributed by atoms with Gasteiger partial charge < -0.3 is 5.11 Å². The Morgan fingerprint density at radius 1 is 1.55 bits per heavy atom. The lowest BCUT2D eigenvalue weighted by Crippen LogP contribution is -2.18. The minimum absolute atomic E-state index is 0.0218. The van der Waals surface area contributed by atoms with E-state index in [2.05, 4.69) is 12.6 Å². The number of aliphatic carboxylic acids is 1. The minimum Gasteiger partial charge on any atom is -0.481 e. The number of hydrogen-bond donors (Lipinski definition) is 2.